The van der Waals surface area contributed by atoms with Crippen LogP contribution in [0.15, 0.2) is 60.0 Å². The van der Waals surface area contributed by atoms with Gasteiger partial charge >= 0.3 is 5.97 Å². The van der Waals surface area contributed by atoms with Gasteiger partial charge in [0.15, 0.2) is 11.5 Å². The van der Waals surface area contributed by atoms with Gasteiger partial charge in [-0.1, -0.05) is 12.1 Å². The summed E-state index contributed by atoms with van der Waals surface area (Å²) >= 11 is 1.28. The van der Waals surface area contributed by atoms with Crippen molar-refractivity contribution in [2.24, 2.45) is 0 Å². The third-order valence-corrected chi connectivity index (χ3v) is 6.80. The molecule has 1 aliphatic heterocycles. The maximum Gasteiger partial charge on any atom is 0.308 e. The van der Waals surface area contributed by atoms with Gasteiger partial charge in [0.05, 0.1) is 31.2 Å². The lowest BCUT2D eigenvalue weighted by atomic mass is 10.1. The van der Waals surface area contributed by atoms with Gasteiger partial charge in [0.25, 0.3) is 11.8 Å². The largest absolute Gasteiger partial charge is 0.493 e. The number of hydrogen-bond donors (Lipinski definition) is 0. The third-order valence-electron chi connectivity index (χ3n) is 5.94. The van der Waals surface area contributed by atoms with Gasteiger partial charge in [0, 0.05) is 13.5 Å². The first-order chi connectivity index (χ1) is 17.8. The molecule has 192 valence electrons. The maximum atomic E-state index is 13.5. The van der Waals surface area contributed by atoms with Crippen LogP contribution in [0, 0.1) is 0 Å². The smallest absolute Gasteiger partial charge is 0.308 e. The highest BCUT2D eigenvalue weighted by Crippen LogP contribution is 2.30. The van der Waals surface area contributed by atoms with E-state index in [0.29, 0.717) is 34.2 Å². The summed E-state index contributed by atoms with van der Waals surface area (Å²) in [5, 5.41) is 1.79. The molecule has 0 bridgehead atoms. The predicted octanol–water partition coefficient (Wildman–Crippen LogP) is 3.71. The van der Waals surface area contributed by atoms with Crippen LogP contribution in [-0.4, -0.2) is 55.4 Å². The van der Waals surface area contributed by atoms with Gasteiger partial charge in [-0.2, -0.15) is 0 Å². The van der Waals surface area contributed by atoms with E-state index >= 15 is 0 Å². The fraction of sp³-hybridized carbons (Fsp3) is 0.259. The second-order valence-corrected chi connectivity index (χ2v) is 9.24. The van der Waals surface area contributed by atoms with E-state index in [1.54, 1.807) is 37.8 Å². The van der Waals surface area contributed by atoms with Crippen LogP contribution in [-0.2, 0) is 20.8 Å². The number of esters is 1. The van der Waals surface area contributed by atoms with Crippen molar-refractivity contribution in [3.63, 3.8) is 0 Å². The summed E-state index contributed by atoms with van der Waals surface area (Å²) in [4.78, 5) is 54.1. The molecular weight excluding hydrogens is 496 g/mol. The number of carbonyl (C=O) groups is 4. The lowest BCUT2D eigenvalue weighted by Crippen LogP contribution is -2.46. The highest BCUT2D eigenvalue weighted by molar-refractivity contribution is 7.12. The van der Waals surface area contributed by atoms with E-state index in [-0.39, 0.29) is 18.9 Å². The number of thiophene rings is 1. The summed E-state index contributed by atoms with van der Waals surface area (Å²) in [6, 6.07) is 14.1. The Morgan fingerprint density at radius 1 is 1.03 bits per heavy atom. The molecule has 4 rings (SSSR count). The number of carbonyl (C=O) groups excluding carboxylic acids is 4. The molecule has 2 heterocycles. The molecule has 1 fully saturated rings. The van der Waals surface area contributed by atoms with Crippen LogP contribution >= 0.6 is 11.3 Å². The highest BCUT2D eigenvalue weighted by atomic mass is 32.1. The molecule has 1 unspecified atom stereocenters. The number of nitrogens with zero attached hydrogens (tertiary/aromatic N) is 2. The zero-order valence-electron chi connectivity index (χ0n) is 20.6. The van der Waals surface area contributed by atoms with Crippen LogP contribution in [0.5, 0.6) is 17.2 Å². The molecule has 37 heavy (non-hydrogen) atoms. The van der Waals surface area contributed by atoms with Gasteiger partial charge in [-0.25, -0.2) is 4.90 Å². The highest BCUT2D eigenvalue weighted by Gasteiger charge is 2.44. The molecule has 0 aliphatic carbocycles. The van der Waals surface area contributed by atoms with Crippen LogP contribution in [0.25, 0.3) is 0 Å². The van der Waals surface area contributed by atoms with Crippen LogP contribution in [0.2, 0.25) is 0 Å². The van der Waals surface area contributed by atoms with E-state index in [1.165, 1.54) is 47.4 Å². The van der Waals surface area contributed by atoms with Gasteiger partial charge in [0.1, 0.15) is 11.8 Å². The summed E-state index contributed by atoms with van der Waals surface area (Å²) in [6.07, 6.45) is 0.306. The van der Waals surface area contributed by atoms with E-state index in [4.69, 9.17) is 14.2 Å². The molecule has 1 aromatic heterocycles. The van der Waals surface area contributed by atoms with Gasteiger partial charge in [-0.15, -0.1) is 11.3 Å². The lowest BCUT2D eigenvalue weighted by Gasteiger charge is -2.27. The minimum Gasteiger partial charge on any atom is -0.493 e. The average molecular weight is 523 g/mol. The normalized spacial score (nSPS) is 15.0. The summed E-state index contributed by atoms with van der Waals surface area (Å²) in [5.74, 6) is -0.229. The molecule has 1 atom stereocenters. The second kappa shape index (κ2) is 11.3. The van der Waals surface area contributed by atoms with E-state index < -0.39 is 23.8 Å². The third kappa shape index (κ3) is 5.64. The Hall–Kier alpha value is -4.18. The van der Waals surface area contributed by atoms with Crippen molar-refractivity contribution < 1.29 is 33.4 Å². The van der Waals surface area contributed by atoms with Gasteiger partial charge in [0.2, 0.25) is 5.91 Å². The van der Waals surface area contributed by atoms with Crippen molar-refractivity contribution in [3.05, 3.63) is 70.4 Å². The van der Waals surface area contributed by atoms with E-state index in [9.17, 15) is 19.2 Å². The molecule has 1 aliphatic rings. The fourth-order valence-corrected chi connectivity index (χ4v) is 4.87. The molecule has 0 saturated carbocycles. The first kappa shape index (κ1) is 25.9. The van der Waals surface area contributed by atoms with Crippen molar-refractivity contribution in [2.45, 2.75) is 25.8 Å². The first-order valence-electron chi connectivity index (χ1n) is 11.5. The van der Waals surface area contributed by atoms with Gasteiger partial charge in [-0.3, -0.25) is 19.2 Å². The molecular formula is C27H26N2O7S. The molecule has 0 radical (unpaired) electrons. The molecule has 3 aromatic rings. The average Bonchev–Trinajstić information content (AvgIpc) is 3.52. The Balaban J connectivity index is 1.58. The lowest BCUT2D eigenvalue weighted by molar-refractivity contribution is -0.132. The van der Waals surface area contributed by atoms with Crippen molar-refractivity contribution in [3.8, 4) is 17.2 Å². The second-order valence-electron chi connectivity index (χ2n) is 8.29. The Labute approximate surface area is 218 Å². The van der Waals surface area contributed by atoms with Gasteiger partial charge < -0.3 is 19.1 Å². The zero-order chi connectivity index (χ0) is 26.5. The number of amides is 3. The Morgan fingerprint density at radius 3 is 2.38 bits per heavy atom. The Morgan fingerprint density at radius 2 is 1.76 bits per heavy atom. The SMILES string of the molecule is COc1ccc(CCN(C(=O)c2cccs2)C2CC(=O)N(c3ccc(OC(C)=O)cc3)C2=O)cc1OC. The molecule has 2 aromatic carbocycles. The Kier molecular flexibility index (Phi) is 7.88. The topological polar surface area (TPSA) is 102 Å². The molecule has 3 amide bonds. The maximum absolute atomic E-state index is 13.5. The molecule has 10 heteroatoms. The monoisotopic (exact) mass is 522 g/mol. The van der Waals surface area contributed by atoms with Crippen molar-refractivity contribution in [1.82, 2.24) is 4.90 Å². The number of imide groups is 1. The molecule has 1 saturated heterocycles. The summed E-state index contributed by atoms with van der Waals surface area (Å²) < 4.78 is 15.7. The van der Waals surface area contributed by atoms with E-state index in [1.807, 2.05) is 12.1 Å². The fourth-order valence-electron chi connectivity index (χ4n) is 4.19. The first-order valence-corrected chi connectivity index (χ1v) is 12.4. The van der Waals surface area contributed by atoms with E-state index in [2.05, 4.69) is 0 Å². The van der Waals surface area contributed by atoms with Crippen molar-refractivity contribution >= 4 is 40.7 Å². The number of hydrogen-bond acceptors (Lipinski definition) is 8. The standard InChI is InChI=1S/C27H26N2O7S/c1-17(30)36-20-9-7-19(8-10-20)29-25(31)16-21(26(29)32)28(27(33)24-5-4-14-37-24)13-12-18-6-11-22(34-2)23(15-18)35-3/h4-11,14-15,21H,12-13,16H2,1-3H3. The zero-order valence-corrected chi connectivity index (χ0v) is 21.4. The summed E-state index contributed by atoms with van der Waals surface area (Å²) in [7, 11) is 3.10. The number of anilines is 1. The van der Waals surface area contributed by atoms with Crippen LogP contribution in [0.1, 0.15) is 28.6 Å². The van der Waals surface area contributed by atoms with Crippen LogP contribution in [0.3, 0.4) is 0 Å². The number of rotatable bonds is 9. The quantitative estimate of drug-likeness (QED) is 0.240. The van der Waals surface area contributed by atoms with Gasteiger partial charge in [-0.05, 0) is 59.8 Å². The van der Waals surface area contributed by atoms with Crippen LogP contribution < -0.4 is 19.1 Å². The number of benzene rings is 2. The minimum atomic E-state index is -0.949. The summed E-state index contributed by atoms with van der Waals surface area (Å²) in [5.41, 5.74) is 1.23. The number of ether oxygens (including phenoxy) is 3. The molecule has 9 nitrogen and oxygen atoms in total. The minimum absolute atomic E-state index is 0.131. The van der Waals surface area contributed by atoms with Crippen LogP contribution in [0.4, 0.5) is 5.69 Å². The molecule has 0 N–H and O–H groups in total. The summed E-state index contributed by atoms with van der Waals surface area (Å²) in [6.45, 7) is 1.50. The number of methoxy groups -OCH3 is 2. The van der Waals surface area contributed by atoms with E-state index in [0.717, 1.165) is 10.5 Å². The van der Waals surface area contributed by atoms with Crippen molar-refractivity contribution in [2.75, 3.05) is 25.7 Å². The molecule has 0 spiro atoms. The predicted molar refractivity (Wildman–Crippen MR) is 137 cm³/mol. The van der Waals surface area contributed by atoms with Crippen molar-refractivity contribution in [1.29, 1.82) is 0 Å². The Bertz CT molecular complexity index is 1300.